The minimum Gasteiger partial charge on any atom is -0.415 e. The van der Waals surface area contributed by atoms with Crippen molar-refractivity contribution in [3.8, 4) is 0 Å². The van der Waals surface area contributed by atoms with Crippen LogP contribution in [0.1, 0.15) is 0 Å². The summed E-state index contributed by atoms with van der Waals surface area (Å²) in [5, 5.41) is 7.19. The minimum atomic E-state index is -2.47. The molecule has 0 spiro atoms. The lowest BCUT2D eigenvalue weighted by Gasteiger charge is -2.42. The smallest absolute Gasteiger partial charge is 0.401 e. The van der Waals surface area contributed by atoms with Gasteiger partial charge in [-0.15, -0.1) is 0 Å². The largest absolute Gasteiger partial charge is 0.415 e. The van der Waals surface area contributed by atoms with Crippen LogP contribution in [-0.4, -0.2) is 26.6 Å². The van der Waals surface area contributed by atoms with E-state index < -0.39 is 26.6 Å². The molecule has 2 N–H and O–H groups in total. The van der Waals surface area contributed by atoms with Gasteiger partial charge in [0, 0.05) is 0 Å². The second kappa shape index (κ2) is 4.18. The molecule has 2 rings (SSSR count). The lowest BCUT2D eigenvalue weighted by molar-refractivity contribution is 0.256. The van der Waals surface area contributed by atoms with E-state index in [1.807, 2.05) is 50.0 Å². The average Bonchev–Trinajstić information content (AvgIpc) is 2.15. The number of hydrogen-bond donors (Lipinski definition) is 1. The van der Waals surface area contributed by atoms with Crippen molar-refractivity contribution in [2.75, 3.05) is 0 Å². The van der Waals surface area contributed by atoms with Crippen LogP contribution in [0.25, 0.3) is 0 Å². The summed E-state index contributed by atoms with van der Waals surface area (Å²) < 4.78 is 17.6. The second-order valence-electron chi connectivity index (χ2n) is 4.23. The molecule has 0 bridgehead atoms. The summed E-state index contributed by atoms with van der Waals surface area (Å²) in [7, 11) is -6.45. The van der Waals surface area contributed by atoms with E-state index >= 15 is 0 Å². The highest BCUT2D eigenvalue weighted by Gasteiger charge is 2.49. The van der Waals surface area contributed by atoms with E-state index in [-0.39, 0.29) is 0 Å². The third-order valence-electron chi connectivity index (χ3n) is 2.49. The lowest BCUT2D eigenvalue weighted by atomic mass is 10.4. The molecule has 1 aliphatic heterocycles. The molecule has 16 heavy (non-hydrogen) atoms. The molecule has 3 unspecified atom stereocenters. The van der Waals surface area contributed by atoms with Crippen LogP contribution in [0.5, 0.6) is 0 Å². The number of hydrogen-bond acceptors (Lipinski definition) is 4. The van der Waals surface area contributed by atoms with Crippen LogP contribution >= 0.6 is 0 Å². The van der Waals surface area contributed by atoms with Crippen LogP contribution in [0, 0.1) is 0 Å². The number of nitrogens with two attached hydrogens (primary N) is 1. The van der Waals surface area contributed by atoms with Gasteiger partial charge in [-0.1, -0.05) is 30.3 Å². The summed E-state index contributed by atoms with van der Waals surface area (Å²) in [5.74, 6) is 0. The molecule has 3 atom stereocenters. The Labute approximate surface area is 99.8 Å². The highest BCUT2D eigenvalue weighted by Crippen LogP contribution is 2.21. The fraction of sp³-hybridized carbons (Fsp3) is 0.333. The molecule has 1 fully saturated rings. The van der Waals surface area contributed by atoms with Crippen LogP contribution in [-0.2, 0) is 12.3 Å². The minimum absolute atomic E-state index is 1.13. The zero-order chi connectivity index (χ0) is 11.8. The molecule has 1 aliphatic rings. The van der Waals surface area contributed by atoms with Crippen molar-refractivity contribution >= 4 is 31.8 Å². The molecule has 1 saturated heterocycles. The maximum Gasteiger partial charge on any atom is 0.401 e. The molecule has 0 aromatic heterocycles. The number of benzene rings is 1. The first-order chi connectivity index (χ1) is 7.41. The Bertz CT molecular complexity index is 376. The van der Waals surface area contributed by atoms with E-state index in [1.54, 1.807) is 0 Å². The van der Waals surface area contributed by atoms with Crippen LogP contribution < -0.4 is 10.6 Å². The van der Waals surface area contributed by atoms with Gasteiger partial charge >= 0.3 is 26.6 Å². The quantitative estimate of drug-likeness (QED) is 0.752. The fourth-order valence-electron chi connectivity index (χ4n) is 1.97. The maximum atomic E-state index is 6.07. The molecule has 1 heterocycles. The first-order valence-corrected chi connectivity index (χ1v) is 12.1. The predicted molar refractivity (Wildman–Crippen MR) is 69.8 cm³/mol. The summed E-state index contributed by atoms with van der Waals surface area (Å²) in [6.07, 6.45) is 0. The predicted octanol–water partition coefficient (Wildman–Crippen LogP) is 0.407. The van der Waals surface area contributed by atoms with Gasteiger partial charge in [0.25, 0.3) is 0 Å². The Morgan fingerprint density at radius 2 is 1.75 bits per heavy atom. The SMILES string of the molecule is C[SiH]1O[Si](C)(N)O[Si](C)(c2ccccc2)O1. The third-order valence-corrected chi connectivity index (χ3v) is 13.4. The van der Waals surface area contributed by atoms with E-state index in [4.69, 9.17) is 17.7 Å². The van der Waals surface area contributed by atoms with Crippen molar-refractivity contribution in [1.29, 1.82) is 0 Å². The van der Waals surface area contributed by atoms with Gasteiger partial charge in [0.15, 0.2) is 0 Å². The van der Waals surface area contributed by atoms with E-state index in [0.717, 1.165) is 5.19 Å². The van der Waals surface area contributed by atoms with Gasteiger partial charge in [0.2, 0.25) is 0 Å². The summed E-state index contributed by atoms with van der Waals surface area (Å²) >= 11 is 0. The second-order valence-corrected chi connectivity index (χ2v) is 12.6. The van der Waals surface area contributed by atoms with E-state index in [2.05, 4.69) is 0 Å². The molecule has 0 saturated carbocycles. The summed E-state index contributed by atoms with van der Waals surface area (Å²) in [4.78, 5) is 0. The van der Waals surface area contributed by atoms with Crippen molar-refractivity contribution in [2.24, 2.45) is 5.40 Å². The zero-order valence-corrected chi connectivity index (χ0v) is 12.9. The Morgan fingerprint density at radius 3 is 2.31 bits per heavy atom. The summed E-state index contributed by atoms with van der Waals surface area (Å²) in [5.41, 5.74) is 0. The fourth-order valence-corrected chi connectivity index (χ4v) is 13.9. The van der Waals surface area contributed by atoms with E-state index in [9.17, 15) is 0 Å². The summed E-state index contributed by atoms with van der Waals surface area (Å²) in [6, 6.07) is 10.1. The zero-order valence-electron chi connectivity index (χ0n) is 9.77. The standard InChI is InChI=1S/C9H17NO3Si3/c1-14-11-15(2,13-16(3,10)12-14)9-7-5-4-6-8-9/h4-8,14H,10H2,1-3H3. The molecule has 0 aliphatic carbocycles. The van der Waals surface area contributed by atoms with E-state index in [1.165, 1.54) is 0 Å². The highest BCUT2D eigenvalue weighted by atomic mass is 28.5. The van der Waals surface area contributed by atoms with Gasteiger partial charge in [0.1, 0.15) is 0 Å². The van der Waals surface area contributed by atoms with Crippen molar-refractivity contribution in [3.05, 3.63) is 30.3 Å². The van der Waals surface area contributed by atoms with Gasteiger partial charge < -0.3 is 17.7 Å². The summed E-state index contributed by atoms with van der Waals surface area (Å²) in [6.45, 7) is 5.94. The molecule has 1 aromatic carbocycles. The topological polar surface area (TPSA) is 53.7 Å². The number of rotatable bonds is 1. The Morgan fingerprint density at radius 1 is 1.12 bits per heavy atom. The van der Waals surface area contributed by atoms with Gasteiger partial charge in [0.05, 0.1) is 0 Å². The van der Waals surface area contributed by atoms with Crippen LogP contribution in [0.2, 0.25) is 19.6 Å². The monoisotopic (exact) mass is 271 g/mol. The lowest BCUT2D eigenvalue weighted by Crippen LogP contribution is -2.70. The Balaban J connectivity index is 2.31. The third kappa shape index (κ3) is 2.51. The molecular formula is C9H17NO3Si3. The first kappa shape index (κ1) is 12.2. The van der Waals surface area contributed by atoms with E-state index in [0.29, 0.717) is 0 Å². The molecule has 1 aromatic rings. The molecule has 7 heteroatoms. The molecule has 0 radical (unpaired) electrons. The van der Waals surface area contributed by atoms with Crippen molar-refractivity contribution in [1.82, 2.24) is 0 Å². The Kier molecular flexibility index (Phi) is 3.18. The normalized spacial score (nSPS) is 39.6. The molecule has 0 amide bonds. The highest BCUT2D eigenvalue weighted by molar-refractivity contribution is 6.93. The first-order valence-electron chi connectivity index (χ1n) is 5.31. The van der Waals surface area contributed by atoms with Gasteiger partial charge in [-0.25, -0.2) is 0 Å². The average molecular weight is 271 g/mol. The molecule has 4 nitrogen and oxygen atoms in total. The Hall–Kier alpha value is -0.289. The van der Waals surface area contributed by atoms with Gasteiger partial charge in [-0.3, -0.25) is 0 Å². The molecular weight excluding hydrogens is 254 g/mol. The van der Waals surface area contributed by atoms with Crippen molar-refractivity contribution < 1.29 is 12.3 Å². The van der Waals surface area contributed by atoms with Crippen molar-refractivity contribution in [2.45, 2.75) is 19.6 Å². The van der Waals surface area contributed by atoms with Crippen LogP contribution in [0.4, 0.5) is 0 Å². The van der Waals surface area contributed by atoms with Crippen LogP contribution in [0.3, 0.4) is 0 Å². The van der Waals surface area contributed by atoms with Gasteiger partial charge in [-0.2, -0.15) is 0 Å². The maximum absolute atomic E-state index is 6.07. The van der Waals surface area contributed by atoms with Gasteiger partial charge in [-0.05, 0) is 24.8 Å². The van der Waals surface area contributed by atoms with Crippen LogP contribution in [0.15, 0.2) is 30.3 Å². The van der Waals surface area contributed by atoms with Crippen molar-refractivity contribution in [3.63, 3.8) is 0 Å². The molecule has 88 valence electrons.